The molecule has 1 heterocycles. The Morgan fingerprint density at radius 1 is 1.24 bits per heavy atom. The van der Waals surface area contributed by atoms with Gasteiger partial charge in [-0.3, -0.25) is 0 Å². The van der Waals surface area contributed by atoms with Crippen LogP contribution < -0.4 is 10.1 Å². The van der Waals surface area contributed by atoms with Crippen molar-refractivity contribution in [1.82, 2.24) is 4.98 Å². The number of hydrogen-bond acceptors (Lipinski definition) is 4. The van der Waals surface area contributed by atoms with Gasteiger partial charge < -0.3 is 14.8 Å². The molecule has 0 amide bonds. The summed E-state index contributed by atoms with van der Waals surface area (Å²) in [4.78, 5) is 3.91. The zero-order chi connectivity index (χ0) is 15.3. The second-order valence-corrected chi connectivity index (χ2v) is 4.34. The maximum Gasteiger partial charge on any atom is 0.422 e. The quantitative estimate of drug-likeness (QED) is 0.832. The van der Waals surface area contributed by atoms with Crippen LogP contribution in [0.5, 0.6) is 5.88 Å². The second kappa shape index (κ2) is 6.62. The minimum Gasteiger partial charge on any atom is -0.468 e. The van der Waals surface area contributed by atoms with Crippen LogP contribution in [0, 0.1) is 0 Å². The van der Waals surface area contributed by atoms with E-state index in [0.717, 1.165) is 5.39 Å². The molecule has 0 atom stereocenters. The summed E-state index contributed by atoms with van der Waals surface area (Å²) in [6.07, 6.45) is -2.98. The summed E-state index contributed by atoms with van der Waals surface area (Å²) in [5, 5.41) is 4.38. The summed E-state index contributed by atoms with van der Waals surface area (Å²) in [5.74, 6) is -0.0367. The number of fused-ring (bicyclic) bond motifs is 1. The number of alkyl halides is 3. The van der Waals surface area contributed by atoms with Crippen LogP contribution in [-0.2, 0) is 4.74 Å². The first kappa shape index (κ1) is 15.4. The number of rotatable bonds is 6. The Labute approximate surface area is 119 Å². The fraction of sp³-hybridized carbons (Fsp3) is 0.357. The Balaban J connectivity index is 2.31. The van der Waals surface area contributed by atoms with Crippen molar-refractivity contribution in [2.75, 3.05) is 32.2 Å². The highest BCUT2D eigenvalue weighted by atomic mass is 19.4. The van der Waals surface area contributed by atoms with Crippen molar-refractivity contribution in [2.45, 2.75) is 6.18 Å². The number of anilines is 1. The average Bonchev–Trinajstić information content (AvgIpc) is 2.44. The van der Waals surface area contributed by atoms with Crippen molar-refractivity contribution in [3.63, 3.8) is 0 Å². The number of nitrogens with one attached hydrogen (secondary N) is 1. The lowest BCUT2D eigenvalue weighted by Gasteiger charge is -2.14. The van der Waals surface area contributed by atoms with E-state index in [4.69, 9.17) is 9.47 Å². The fourth-order valence-corrected chi connectivity index (χ4v) is 1.89. The largest absolute Gasteiger partial charge is 0.468 e. The third-order valence-corrected chi connectivity index (χ3v) is 2.75. The summed E-state index contributed by atoms with van der Waals surface area (Å²) in [5.41, 5.74) is 0.662. The molecule has 2 aromatic rings. The molecule has 114 valence electrons. The lowest BCUT2D eigenvalue weighted by Crippen LogP contribution is -2.20. The summed E-state index contributed by atoms with van der Waals surface area (Å²) in [6, 6.07) is 7.08. The van der Waals surface area contributed by atoms with E-state index in [9.17, 15) is 13.2 Å². The summed E-state index contributed by atoms with van der Waals surface area (Å²) >= 11 is 0. The molecular formula is C14H15F3N2O2. The minimum absolute atomic E-state index is 0.0367. The lowest BCUT2D eigenvalue weighted by atomic mass is 10.1. The van der Waals surface area contributed by atoms with E-state index in [2.05, 4.69) is 10.3 Å². The molecule has 0 fully saturated rings. The third-order valence-electron chi connectivity index (χ3n) is 2.75. The molecule has 2 rings (SSSR count). The number of benzene rings is 1. The zero-order valence-corrected chi connectivity index (χ0v) is 11.4. The number of hydrogen-bond donors (Lipinski definition) is 1. The topological polar surface area (TPSA) is 43.4 Å². The first-order valence-electron chi connectivity index (χ1n) is 6.31. The lowest BCUT2D eigenvalue weighted by molar-refractivity contribution is -0.153. The molecule has 21 heavy (non-hydrogen) atoms. The van der Waals surface area contributed by atoms with Crippen molar-refractivity contribution < 1.29 is 22.6 Å². The molecule has 0 unspecified atom stereocenters. The van der Waals surface area contributed by atoms with E-state index in [1.54, 1.807) is 25.3 Å². The van der Waals surface area contributed by atoms with Gasteiger partial charge in [-0.15, -0.1) is 0 Å². The third kappa shape index (κ3) is 4.22. The molecule has 0 aliphatic heterocycles. The van der Waals surface area contributed by atoms with Gasteiger partial charge in [-0.05, 0) is 17.5 Å². The number of nitrogens with zero attached hydrogens (tertiary/aromatic N) is 1. The number of methoxy groups -OCH3 is 1. The Hall–Kier alpha value is -2.02. The summed E-state index contributed by atoms with van der Waals surface area (Å²) in [7, 11) is 1.57. The van der Waals surface area contributed by atoms with E-state index in [0.29, 0.717) is 24.2 Å². The van der Waals surface area contributed by atoms with Crippen molar-refractivity contribution in [2.24, 2.45) is 0 Å². The van der Waals surface area contributed by atoms with E-state index in [1.165, 1.54) is 6.20 Å². The van der Waals surface area contributed by atoms with Crippen LogP contribution in [0.1, 0.15) is 0 Å². The first-order chi connectivity index (χ1) is 10.0. The number of aromatic nitrogens is 1. The highest BCUT2D eigenvalue weighted by molar-refractivity contribution is 5.97. The fourth-order valence-electron chi connectivity index (χ4n) is 1.89. The SMILES string of the molecule is COCCNc1cccc2ccnc(OCC(F)(F)F)c12. The predicted octanol–water partition coefficient (Wildman–Crippen LogP) is 3.23. The minimum atomic E-state index is -4.40. The van der Waals surface area contributed by atoms with Crippen molar-refractivity contribution in [3.8, 4) is 5.88 Å². The summed E-state index contributed by atoms with van der Waals surface area (Å²) < 4.78 is 46.7. The number of halogens is 3. The Bertz CT molecular complexity index is 597. The van der Waals surface area contributed by atoms with Crippen LogP contribution in [0.2, 0.25) is 0 Å². The van der Waals surface area contributed by atoms with Crippen LogP contribution in [0.4, 0.5) is 18.9 Å². The molecule has 0 saturated carbocycles. The van der Waals surface area contributed by atoms with Crippen molar-refractivity contribution in [1.29, 1.82) is 0 Å². The molecule has 0 aliphatic carbocycles. The molecule has 1 aromatic carbocycles. The Morgan fingerprint density at radius 3 is 2.76 bits per heavy atom. The molecule has 1 N–H and O–H groups in total. The van der Waals surface area contributed by atoms with E-state index < -0.39 is 12.8 Å². The predicted molar refractivity (Wildman–Crippen MR) is 73.7 cm³/mol. The van der Waals surface area contributed by atoms with E-state index >= 15 is 0 Å². The number of ether oxygens (including phenoxy) is 2. The molecule has 0 saturated heterocycles. The maximum atomic E-state index is 12.3. The van der Waals surface area contributed by atoms with Gasteiger partial charge in [-0.2, -0.15) is 13.2 Å². The molecule has 7 heteroatoms. The Morgan fingerprint density at radius 2 is 2.05 bits per heavy atom. The Kier molecular flexibility index (Phi) is 4.85. The molecule has 0 radical (unpaired) electrons. The molecule has 0 spiro atoms. The van der Waals surface area contributed by atoms with Crippen LogP contribution in [0.25, 0.3) is 10.8 Å². The molecular weight excluding hydrogens is 285 g/mol. The van der Waals surface area contributed by atoms with Crippen LogP contribution in [0.3, 0.4) is 0 Å². The van der Waals surface area contributed by atoms with Gasteiger partial charge in [0.25, 0.3) is 0 Å². The molecule has 4 nitrogen and oxygen atoms in total. The van der Waals surface area contributed by atoms with Crippen molar-refractivity contribution in [3.05, 3.63) is 30.5 Å². The summed E-state index contributed by atoms with van der Waals surface area (Å²) in [6.45, 7) is -0.357. The smallest absolute Gasteiger partial charge is 0.422 e. The molecule has 1 aromatic heterocycles. The van der Waals surface area contributed by atoms with Crippen LogP contribution in [0.15, 0.2) is 30.5 Å². The van der Waals surface area contributed by atoms with Gasteiger partial charge in [0.2, 0.25) is 5.88 Å². The monoisotopic (exact) mass is 300 g/mol. The van der Waals surface area contributed by atoms with E-state index in [-0.39, 0.29) is 5.88 Å². The van der Waals surface area contributed by atoms with Crippen molar-refractivity contribution >= 4 is 16.5 Å². The average molecular weight is 300 g/mol. The van der Waals surface area contributed by atoms with Gasteiger partial charge in [-0.25, -0.2) is 4.98 Å². The van der Waals surface area contributed by atoms with Crippen LogP contribution >= 0.6 is 0 Å². The standard InChI is InChI=1S/C14H15F3N2O2/c1-20-8-7-18-11-4-2-3-10-5-6-19-13(12(10)11)21-9-14(15,16)17/h2-6,18H,7-9H2,1H3. The first-order valence-corrected chi connectivity index (χ1v) is 6.31. The maximum absolute atomic E-state index is 12.3. The van der Waals surface area contributed by atoms with Gasteiger partial charge in [0.05, 0.1) is 12.0 Å². The highest BCUT2D eigenvalue weighted by Crippen LogP contribution is 2.31. The zero-order valence-electron chi connectivity index (χ0n) is 11.4. The van der Waals surface area contributed by atoms with Crippen LogP contribution in [-0.4, -0.2) is 38.0 Å². The number of pyridine rings is 1. The van der Waals surface area contributed by atoms with Gasteiger partial charge in [0, 0.05) is 25.5 Å². The molecule has 0 bridgehead atoms. The van der Waals surface area contributed by atoms with E-state index in [1.807, 2.05) is 6.07 Å². The highest BCUT2D eigenvalue weighted by Gasteiger charge is 2.29. The van der Waals surface area contributed by atoms with Gasteiger partial charge in [0.15, 0.2) is 6.61 Å². The van der Waals surface area contributed by atoms with Gasteiger partial charge in [0.1, 0.15) is 0 Å². The van der Waals surface area contributed by atoms with Gasteiger partial charge >= 0.3 is 6.18 Å². The normalized spacial score (nSPS) is 11.6. The van der Waals surface area contributed by atoms with Gasteiger partial charge in [-0.1, -0.05) is 12.1 Å². The molecule has 0 aliphatic rings. The second-order valence-electron chi connectivity index (χ2n) is 4.34.